The SMILES string of the molecule is COc1ccc(Cl)cc1C(N)C(C)(C)S(C)(=O)=O. The molecule has 4 nitrogen and oxygen atoms in total. The van der Waals surface area contributed by atoms with E-state index in [4.69, 9.17) is 22.1 Å². The van der Waals surface area contributed by atoms with Crippen molar-refractivity contribution >= 4 is 21.4 Å². The van der Waals surface area contributed by atoms with E-state index < -0.39 is 20.6 Å². The lowest BCUT2D eigenvalue weighted by Gasteiger charge is -2.30. The molecule has 0 bridgehead atoms. The number of halogens is 1. The minimum Gasteiger partial charge on any atom is -0.496 e. The molecular formula is C12H18ClNO3S. The summed E-state index contributed by atoms with van der Waals surface area (Å²) in [5, 5.41) is 0.491. The predicted molar refractivity (Wildman–Crippen MR) is 73.9 cm³/mol. The highest BCUT2D eigenvalue weighted by Gasteiger charge is 2.39. The van der Waals surface area contributed by atoms with Gasteiger partial charge in [0, 0.05) is 16.8 Å². The highest BCUT2D eigenvalue weighted by atomic mass is 35.5. The Kier molecular flexibility index (Phi) is 4.30. The van der Waals surface area contributed by atoms with Crippen molar-refractivity contribution in [1.29, 1.82) is 0 Å². The van der Waals surface area contributed by atoms with Crippen LogP contribution in [-0.4, -0.2) is 26.5 Å². The van der Waals surface area contributed by atoms with Crippen molar-refractivity contribution in [3.63, 3.8) is 0 Å². The molecule has 0 saturated carbocycles. The lowest BCUT2D eigenvalue weighted by Crippen LogP contribution is -2.42. The molecule has 0 saturated heterocycles. The zero-order chi connectivity index (χ0) is 14.1. The normalized spacial score (nSPS) is 14.3. The summed E-state index contributed by atoms with van der Waals surface area (Å²) in [7, 11) is -1.80. The molecule has 0 aliphatic rings. The Bertz CT molecular complexity index is 540. The van der Waals surface area contributed by atoms with Gasteiger partial charge < -0.3 is 10.5 Å². The van der Waals surface area contributed by atoms with Gasteiger partial charge in [-0.2, -0.15) is 0 Å². The minimum atomic E-state index is -3.31. The van der Waals surface area contributed by atoms with E-state index in [1.165, 1.54) is 13.4 Å². The summed E-state index contributed by atoms with van der Waals surface area (Å²) in [5.74, 6) is 0.531. The maximum Gasteiger partial charge on any atom is 0.154 e. The molecule has 1 aromatic rings. The first-order valence-electron chi connectivity index (χ1n) is 5.40. The summed E-state index contributed by atoms with van der Waals surface area (Å²) in [6.45, 7) is 3.18. The van der Waals surface area contributed by atoms with Crippen molar-refractivity contribution in [1.82, 2.24) is 0 Å². The first-order valence-corrected chi connectivity index (χ1v) is 7.67. The number of rotatable bonds is 4. The number of hydrogen-bond donors (Lipinski definition) is 1. The zero-order valence-corrected chi connectivity index (χ0v) is 12.5. The van der Waals surface area contributed by atoms with Gasteiger partial charge in [-0.05, 0) is 32.0 Å². The van der Waals surface area contributed by atoms with Crippen molar-refractivity contribution in [2.24, 2.45) is 5.73 Å². The Morgan fingerprint density at radius 2 is 1.94 bits per heavy atom. The van der Waals surface area contributed by atoms with Crippen molar-refractivity contribution in [3.8, 4) is 5.75 Å². The summed E-state index contributed by atoms with van der Waals surface area (Å²) in [5.41, 5.74) is 6.67. The summed E-state index contributed by atoms with van der Waals surface area (Å²) >= 11 is 5.92. The molecule has 0 aliphatic carbocycles. The van der Waals surface area contributed by atoms with E-state index in [1.807, 2.05) is 0 Å². The number of benzene rings is 1. The summed E-state index contributed by atoms with van der Waals surface area (Å²) in [4.78, 5) is 0. The molecule has 1 aromatic carbocycles. The maximum atomic E-state index is 11.8. The molecule has 0 aliphatic heterocycles. The van der Waals surface area contributed by atoms with Crippen LogP contribution in [-0.2, 0) is 9.84 Å². The quantitative estimate of drug-likeness (QED) is 0.923. The number of nitrogens with two attached hydrogens (primary N) is 1. The fraction of sp³-hybridized carbons (Fsp3) is 0.500. The monoisotopic (exact) mass is 291 g/mol. The van der Waals surface area contributed by atoms with E-state index in [2.05, 4.69) is 0 Å². The van der Waals surface area contributed by atoms with Crippen LogP contribution >= 0.6 is 11.6 Å². The largest absolute Gasteiger partial charge is 0.496 e. The Balaban J connectivity index is 3.35. The van der Waals surface area contributed by atoms with E-state index in [1.54, 1.807) is 32.0 Å². The van der Waals surface area contributed by atoms with Gasteiger partial charge in [0.05, 0.1) is 17.9 Å². The molecular weight excluding hydrogens is 274 g/mol. The molecule has 2 N–H and O–H groups in total. The molecule has 0 fully saturated rings. The maximum absolute atomic E-state index is 11.8. The van der Waals surface area contributed by atoms with Crippen LogP contribution in [0.3, 0.4) is 0 Å². The van der Waals surface area contributed by atoms with Crippen LogP contribution < -0.4 is 10.5 Å². The zero-order valence-electron chi connectivity index (χ0n) is 10.9. The van der Waals surface area contributed by atoms with E-state index in [9.17, 15) is 8.42 Å². The second kappa shape index (κ2) is 5.07. The second-order valence-electron chi connectivity index (χ2n) is 4.74. The third kappa shape index (κ3) is 2.79. The van der Waals surface area contributed by atoms with Crippen molar-refractivity contribution in [2.45, 2.75) is 24.6 Å². The lowest BCUT2D eigenvalue weighted by molar-refractivity contribution is 0.398. The standard InChI is InChI=1S/C12H18ClNO3S/c1-12(2,18(4,15)16)11(14)9-7-8(13)5-6-10(9)17-3/h5-7,11H,14H2,1-4H3. The van der Waals surface area contributed by atoms with Crippen LogP contribution in [0.1, 0.15) is 25.5 Å². The number of hydrogen-bond acceptors (Lipinski definition) is 4. The molecule has 1 unspecified atom stereocenters. The van der Waals surface area contributed by atoms with E-state index in [0.29, 0.717) is 16.3 Å². The van der Waals surface area contributed by atoms with Gasteiger partial charge in [0.25, 0.3) is 0 Å². The molecule has 0 spiro atoms. The number of sulfone groups is 1. The molecule has 1 rings (SSSR count). The van der Waals surface area contributed by atoms with Gasteiger partial charge in [0.2, 0.25) is 0 Å². The Morgan fingerprint density at radius 3 is 2.39 bits per heavy atom. The molecule has 0 aromatic heterocycles. The lowest BCUT2D eigenvalue weighted by atomic mass is 9.95. The van der Waals surface area contributed by atoms with Crippen molar-refractivity contribution in [3.05, 3.63) is 28.8 Å². The van der Waals surface area contributed by atoms with Crippen LogP contribution in [0, 0.1) is 0 Å². The molecule has 1 atom stereocenters. The third-order valence-electron chi connectivity index (χ3n) is 3.23. The van der Waals surface area contributed by atoms with Crippen LogP contribution in [0.4, 0.5) is 0 Å². The Morgan fingerprint density at radius 1 is 1.39 bits per heavy atom. The van der Waals surface area contributed by atoms with Crippen LogP contribution in [0.5, 0.6) is 5.75 Å². The summed E-state index contributed by atoms with van der Waals surface area (Å²) in [6.07, 6.45) is 1.17. The molecule has 0 radical (unpaired) electrons. The van der Waals surface area contributed by atoms with Gasteiger partial charge in [0.15, 0.2) is 9.84 Å². The second-order valence-corrected chi connectivity index (χ2v) is 7.77. The summed E-state index contributed by atoms with van der Waals surface area (Å²) in [6, 6.07) is 4.26. The van der Waals surface area contributed by atoms with Gasteiger partial charge in [-0.15, -0.1) is 0 Å². The van der Waals surface area contributed by atoms with Gasteiger partial charge in [-0.1, -0.05) is 11.6 Å². The molecule has 0 amide bonds. The molecule has 6 heteroatoms. The smallest absolute Gasteiger partial charge is 0.154 e. The number of ether oxygens (including phenoxy) is 1. The molecule has 18 heavy (non-hydrogen) atoms. The van der Waals surface area contributed by atoms with Crippen LogP contribution in [0.25, 0.3) is 0 Å². The predicted octanol–water partition coefficient (Wildman–Crippen LogP) is 2.17. The van der Waals surface area contributed by atoms with E-state index >= 15 is 0 Å². The average molecular weight is 292 g/mol. The van der Waals surface area contributed by atoms with Crippen LogP contribution in [0.15, 0.2) is 18.2 Å². The molecule has 102 valence electrons. The van der Waals surface area contributed by atoms with Crippen LogP contribution in [0.2, 0.25) is 5.02 Å². The minimum absolute atomic E-state index is 0.491. The summed E-state index contributed by atoms with van der Waals surface area (Å²) < 4.78 is 27.7. The molecule has 0 heterocycles. The van der Waals surface area contributed by atoms with Gasteiger partial charge in [0.1, 0.15) is 5.75 Å². The van der Waals surface area contributed by atoms with Gasteiger partial charge in [-0.3, -0.25) is 0 Å². The average Bonchev–Trinajstić information content (AvgIpc) is 2.26. The van der Waals surface area contributed by atoms with E-state index in [-0.39, 0.29) is 0 Å². The fourth-order valence-electron chi connectivity index (χ4n) is 1.55. The fourth-order valence-corrected chi connectivity index (χ4v) is 2.32. The highest BCUT2D eigenvalue weighted by molar-refractivity contribution is 7.92. The van der Waals surface area contributed by atoms with Crippen molar-refractivity contribution < 1.29 is 13.2 Å². The van der Waals surface area contributed by atoms with Crippen molar-refractivity contribution in [2.75, 3.05) is 13.4 Å². The first kappa shape index (κ1) is 15.3. The van der Waals surface area contributed by atoms with Gasteiger partial charge >= 0.3 is 0 Å². The topological polar surface area (TPSA) is 69.4 Å². The first-order chi connectivity index (χ1) is 8.11. The Hall–Kier alpha value is -0.780. The number of methoxy groups -OCH3 is 1. The third-order valence-corrected chi connectivity index (χ3v) is 5.63. The highest BCUT2D eigenvalue weighted by Crippen LogP contribution is 2.36. The van der Waals surface area contributed by atoms with E-state index in [0.717, 1.165) is 0 Å². The van der Waals surface area contributed by atoms with Gasteiger partial charge in [-0.25, -0.2) is 8.42 Å². The Labute approximate surface area is 113 Å².